The molecule has 3 N–H and O–H groups in total. The van der Waals surface area contributed by atoms with Crippen LogP contribution in [0.4, 0.5) is 5.69 Å². The van der Waals surface area contributed by atoms with Crippen molar-refractivity contribution in [3.05, 3.63) is 23.8 Å². The van der Waals surface area contributed by atoms with Gasteiger partial charge in [0.15, 0.2) is 0 Å². The molecule has 1 unspecified atom stereocenters. The molecule has 1 atom stereocenters. The van der Waals surface area contributed by atoms with Crippen LogP contribution in [0, 0.1) is 18.3 Å². The third-order valence-corrected chi connectivity index (χ3v) is 7.19. The number of piperidine rings is 1. The molecule has 2 aliphatic rings. The number of hydrogen-bond donors (Lipinski definition) is 3. The highest BCUT2D eigenvalue weighted by Gasteiger charge is 2.57. The molecule has 3 rings (SSSR count). The zero-order valence-corrected chi connectivity index (χ0v) is 16.8. The van der Waals surface area contributed by atoms with Crippen LogP contribution >= 0.6 is 0 Å². The molecule has 26 heavy (non-hydrogen) atoms. The Kier molecular flexibility index (Phi) is 4.92. The SMILES string of the molecule is Cc1ccc(NC(=O)C2CC23CCNCC3)cc1S(=O)(=O)NC(C)(C)C. The molecule has 1 aromatic rings. The Morgan fingerprint density at radius 3 is 2.50 bits per heavy atom. The molecule has 1 aliphatic carbocycles. The van der Waals surface area contributed by atoms with Crippen LogP contribution in [0.15, 0.2) is 23.1 Å². The van der Waals surface area contributed by atoms with Crippen molar-refractivity contribution in [2.24, 2.45) is 11.3 Å². The Hall–Kier alpha value is -1.44. The highest BCUT2D eigenvalue weighted by molar-refractivity contribution is 7.89. The smallest absolute Gasteiger partial charge is 0.241 e. The summed E-state index contributed by atoms with van der Waals surface area (Å²) in [5, 5.41) is 6.26. The summed E-state index contributed by atoms with van der Waals surface area (Å²) in [6, 6.07) is 5.06. The Balaban J connectivity index is 1.75. The first-order chi connectivity index (χ1) is 12.0. The summed E-state index contributed by atoms with van der Waals surface area (Å²) >= 11 is 0. The molecule has 0 aromatic heterocycles. The Labute approximate surface area is 156 Å². The van der Waals surface area contributed by atoms with Gasteiger partial charge in [-0.15, -0.1) is 0 Å². The minimum atomic E-state index is -3.65. The number of aryl methyl sites for hydroxylation is 1. The van der Waals surface area contributed by atoms with E-state index in [1.165, 1.54) is 0 Å². The van der Waals surface area contributed by atoms with E-state index < -0.39 is 15.6 Å². The first-order valence-corrected chi connectivity index (χ1v) is 10.7. The highest BCUT2D eigenvalue weighted by Crippen LogP contribution is 2.58. The maximum Gasteiger partial charge on any atom is 0.241 e. The molecule has 7 heteroatoms. The molecule has 6 nitrogen and oxygen atoms in total. The average Bonchev–Trinajstić information content (AvgIpc) is 3.20. The van der Waals surface area contributed by atoms with Gasteiger partial charge in [-0.25, -0.2) is 13.1 Å². The first kappa shape index (κ1) is 19.3. The molecular formula is C19H29N3O3S. The molecule has 2 fully saturated rings. The number of sulfonamides is 1. The summed E-state index contributed by atoms with van der Waals surface area (Å²) < 4.78 is 28.0. The summed E-state index contributed by atoms with van der Waals surface area (Å²) in [5.41, 5.74) is 0.773. The highest BCUT2D eigenvalue weighted by atomic mass is 32.2. The van der Waals surface area contributed by atoms with Gasteiger partial charge in [0.25, 0.3) is 0 Å². The number of carbonyl (C=O) groups excluding carboxylic acids is 1. The standard InChI is InChI=1S/C19H29N3O3S/c1-13-5-6-14(11-16(13)26(24,25)22-18(2,3)4)21-17(23)15-12-19(15)7-9-20-10-8-19/h5-6,11,15,20,22H,7-10,12H2,1-4H3,(H,21,23). The Bertz CT molecular complexity index is 806. The maximum atomic E-state index is 12.7. The number of nitrogens with one attached hydrogen (secondary N) is 3. The molecule has 1 spiro atoms. The third kappa shape index (κ3) is 4.10. The molecular weight excluding hydrogens is 350 g/mol. The number of rotatable bonds is 4. The molecule has 1 saturated carbocycles. The summed E-state index contributed by atoms with van der Waals surface area (Å²) in [4.78, 5) is 12.8. The second kappa shape index (κ2) is 6.62. The van der Waals surface area contributed by atoms with E-state index >= 15 is 0 Å². The Morgan fingerprint density at radius 2 is 1.88 bits per heavy atom. The number of carbonyl (C=O) groups is 1. The van der Waals surface area contributed by atoms with E-state index in [9.17, 15) is 13.2 Å². The molecule has 1 saturated heterocycles. The summed E-state index contributed by atoms with van der Waals surface area (Å²) in [6.45, 7) is 9.10. The fourth-order valence-electron chi connectivity index (χ4n) is 3.85. The van der Waals surface area contributed by atoms with Gasteiger partial charge in [0, 0.05) is 17.1 Å². The number of anilines is 1. The van der Waals surface area contributed by atoms with E-state index in [2.05, 4.69) is 15.4 Å². The van der Waals surface area contributed by atoms with Crippen LogP contribution in [0.2, 0.25) is 0 Å². The zero-order valence-electron chi connectivity index (χ0n) is 16.0. The first-order valence-electron chi connectivity index (χ1n) is 9.19. The Morgan fingerprint density at radius 1 is 1.23 bits per heavy atom. The molecule has 1 heterocycles. The van der Waals surface area contributed by atoms with Gasteiger partial charge in [0.05, 0.1) is 4.90 Å². The summed E-state index contributed by atoms with van der Waals surface area (Å²) in [5.74, 6) is 0.0431. The van der Waals surface area contributed by atoms with Crippen molar-refractivity contribution in [1.29, 1.82) is 0 Å². The zero-order chi connectivity index (χ0) is 19.2. The van der Waals surface area contributed by atoms with Gasteiger partial charge < -0.3 is 10.6 Å². The minimum absolute atomic E-state index is 0.00267. The van der Waals surface area contributed by atoms with E-state index in [1.807, 2.05) is 0 Å². The van der Waals surface area contributed by atoms with Crippen molar-refractivity contribution in [2.45, 2.75) is 57.4 Å². The van der Waals surface area contributed by atoms with Gasteiger partial charge in [-0.1, -0.05) is 6.07 Å². The number of benzene rings is 1. The van der Waals surface area contributed by atoms with E-state index in [1.54, 1.807) is 45.9 Å². The monoisotopic (exact) mass is 379 g/mol. The van der Waals surface area contributed by atoms with Gasteiger partial charge in [0.1, 0.15) is 0 Å². The summed E-state index contributed by atoms with van der Waals surface area (Å²) in [6.07, 6.45) is 3.01. The fourth-order valence-corrected chi connectivity index (χ4v) is 5.54. The fraction of sp³-hybridized carbons (Fsp3) is 0.632. The number of amides is 1. The molecule has 1 aliphatic heterocycles. The predicted octanol–water partition coefficient (Wildman–Crippen LogP) is 2.40. The van der Waals surface area contributed by atoms with E-state index in [0.717, 1.165) is 32.4 Å². The van der Waals surface area contributed by atoms with E-state index in [-0.39, 0.29) is 22.1 Å². The third-order valence-electron chi connectivity index (χ3n) is 5.29. The predicted molar refractivity (Wildman–Crippen MR) is 103 cm³/mol. The van der Waals surface area contributed by atoms with Gasteiger partial charge in [0.2, 0.25) is 15.9 Å². The van der Waals surface area contributed by atoms with Crippen molar-refractivity contribution in [3.8, 4) is 0 Å². The molecule has 1 amide bonds. The summed E-state index contributed by atoms with van der Waals surface area (Å²) in [7, 11) is -3.65. The lowest BCUT2D eigenvalue weighted by atomic mass is 9.92. The van der Waals surface area contributed by atoms with E-state index in [4.69, 9.17) is 0 Å². The second-order valence-corrected chi connectivity index (χ2v) is 10.3. The van der Waals surface area contributed by atoms with E-state index in [0.29, 0.717) is 11.3 Å². The van der Waals surface area contributed by atoms with Crippen molar-refractivity contribution in [3.63, 3.8) is 0 Å². The molecule has 0 radical (unpaired) electrons. The topological polar surface area (TPSA) is 87.3 Å². The molecule has 1 aromatic carbocycles. The lowest BCUT2D eigenvalue weighted by Gasteiger charge is -2.23. The van der Waals surface area contributed by atoms with Gasteiger partial charge >= 0.3 is 0 Å². The van der Waals surface area contributed by atoms with Crippen LogP contribution in [0.5, 0.6) is 0 Å². The largest absolute Gasteiger partial charge is 0.326 e. The second-order valence-electron chi connectivity index (χ2n) is 8.69. The van der Waals surface area contributed by atoms with Crippen molar-refractivity contribution in [1.82, 2.24) is 10.0 Å². The van der Waals surface area contributed by atoms with Crippen LogP contribution in [0.3, 0.4) is 0 Å². The minimum Gasteiger partial charge on any atom is -0.326 e. The molecule has 144 valence electrons. The maximum absolute atomic E-state index is 12.7. The van der Waals surface area contributed by atoms with Crippen LogP contribution in [0.1, 0.15) is 45.6 Å². The van der Waals surface area contributed by atoms with Crippen LogP contribution in [-0.4, -0.2) is 33.0 Å². The lowest BCUT2D eigenvalue weighted by molar-refractivity contribution is -0.118. The lowest BCUT2D eigenvalue weighted by Crippen LogP contribution is -2.40. The van der Waals surface area contributed by atoms with Gasteiger partial charge in [-0.3, -0.25) is 4.79 Å². The van der Waals surface area contributed by atoms with Crippen molar-refractivity contribution >= 4 is 21.6 Å². The quantitative estimate of drug-likeness (QED) is 0.750. The average molecular weight is 380 g/mol. The molecule has 0 bridgehead atoms. The van der Waals surface area contributed by atoms with Gasteiger partial charge in [-0.2, -0.15) is 0 Å². The number of hydrogen-bond acceptors (Lipinski definition) is 4. The van der Waals surface area contributed by atoms with Crippen molar-refractivity contribution < 1.29 is 13.2 Å². The van der Waals surface area contributed by atoms with Crippen LogP contribution < -0.4 is 15.4 Å². The van der Waals surface area contributed by atoms with Crippen LogP contribution in [0.25, 0.3) is 0 Å². The van der Waals surface area contributed by atoms with Gasteiger partial charge in [-0.05, 0) is 83.2 Å². The van der Waals surface area contributed by atoms with Crippen molar-refractivity contribution in [2.75, 3.05) is 18.4 Å². The normalized spacial score (nSPS) is 22.2. The van der Waals surface area contributed by atoms with Crippen LogP contribution in [-0.2, 0) is 14.8 Å².